The number of rotatable bonds is 3. The molecule has 1 aliphatic carbocycles. The van der Waals surface area contributed by atoms with Crippen molar-refractivity contribution in [3.05, 3.63) is 51.6 Å². The third kappa shape index (κ3) is 4.11. The molecule has 0 radical (unpaired) electrons. The van der Waals surface area contributed by atoms with Crippen LogP contribution >= 0.6 is 34.7 Å². The number of carbonyl (C=O) groups is 2. The summed E-state index contributed by atoms with van der Waals surface area (Å²) in [6.45, 7) is 0.449. The lowest BCUT2D eigenvalue weighted by molar-refractivity contribution is -0.127. The molecule has 1 aliphatic heterocycles. The summed E-state index contributed by atoms with van der Waals surface area (Å²) in [5, 5.41) is 2.25. The fourth-order valence-electron chi connectivity index (χ4n) is 4.35. The molecular formula is C23H22ClN3O2S2. The minimum Gasteiger partial charge on any atom is -0.278 e. The van der Waals surface area contributed by atoms with Gasteiger partial charge in [0.1, 0.15) is 16.2 Å². The number of aryl methyl sites for hydroxylation is 2. The van der Waals surface area contributed by atoms with E-state index in [0.717, 1.165) is 47.3 Å². The van der Waals surface area contributed by atoms with Crippen molar-refractivity contribution >= 4 is 56.7 Å². The summed E-state index contributed by atoms with van der Waals surface area (Å²) in [6.07, 6.45) is 8.62. The van der Waals surface area contributed by atoms with E-state index in [2.05, 4.69) is 9.97 Å². The molecule has 2 amide bonds. The molecule has 31 heavy (non-hydrogen) atoms. The lowest BCUT2D eigenvalue weighted by Crippen LogP contribution is -2.41. The Hall–Kier alpha value is -1.96. The van der Waals surface area contributed by atoms with Crippen molar-refractivity contribution in [3.8, 4) is 0 Å². The van der Waals surface area contributed by atoms with E-state index in [1.54, 1.807) is 41.9 Å². The second-order valence-corrected chi connectivity index (χ2v) is 10.7. The summed E-state index contributed by atoms with van der Waals surface area (Å²) in [5.74, 6) is -0.381. The van der Waals surface area contributed by atoms with E-state index in [1.165, 1.54) is 39.9 Å². The van der Waals surface area contributed by atoms with E-state index in [-0.39, 0.29) is 17.1 Å². The normalized spacial score (nSPS) is 19.3. The number of carbonyl (C=O) groups excluding carboxylic acids is 2. The van der Waals surface area contributed by atoms with Gasteiger partial charge in [0.2, 0.25) is 5.91 Å². The highest BCUT2D eigenvalue weighted by Gasteiger charge is 2.33. The molecule has 2 aliphatic rings. The summed E-state index contributed by atoms with van der Waals surface area (Å²) in [4.78, 5) is 39.4. The van der Waals surface area contributed by atoms with E-state index in [9.17, 15) is 9.59 Å². The molecule has 1 fully saturated rings. The highest BCUT2D eigenvalue weighted by atomic mass is 35.5. The molecular weight excluding hydrogens is 450 g/mol. The zero-order chi connectivity index (χ0) is 21.4. The number of amides is 2. The fraction of sp³-hybridized carbons (Fsp3) is 0.391. The van der Waals surface area contributed by atoms with Crippen molar-refractivity contribution in [1.82, 2.24) is 14.9 Å². The molecule has 2 aromatic heterocycles. The first-order valence-electron chi connectivity index (χ1n) is 10.6. The zero-order valence-corrected chi connectivity index (χ0v) is 19.4. The second-order valence-electron chi connectivity index (χ2n) is 7.97. The highest BCUT2D eigenvalue weighted by molar-refractivity contribution is 8.00. The molecule has 160 valence electrons. The summed E-state index contributed by atoms with van der Waals surface area (Å²) in [7, 11) is 0. The monoisotopic (exact) mass is 471 g/mol. The van der Waals surface area contributed by atoms with Crippen LogP contribution in [0, 0.1) is 0 Å². The Kier molecular flexibility index (Phi) is 5.99. The van der Waals surface area contributed by atoms with Crippen LogP contribution in [0.5, 0.6) is 0 Å². The van der Waals surface area contributed by atoms with Crippen LogP contribution in [0.1, 0.15) is 52.9 Å². The molecule has 0 saturated carbocycles. The average Bonchev–Trinajstić information content (AvgIpc) is 3.08. The quantitative estimate of drug-likeness (QED) is 0.371. The number of fused-ring (bicyclic) bond motifs is 3. The first-order valence-corrected chi connectivity index (χ1v) is 12.7. The molecule has 0 bridgehead atoms. The van der Waals surface area contributed by atoms with Gasteiger partial charge in [0, 0.05) is 27.4 Å². The second kappa shape index (κ2) is 8.88. The van der Waals surface area contributed by atoms with Crippen LogP contribution < -0.4 is 0 Å². The van der Waals surface area contributed by atoms with E-state index in [1.807, 2.05) is 0 Å². The number of hydrogen-bond acceptors (Lipinski definition) is 6. The third-order valence-corrected chi connectivity index (χ3v) is 8.65. The molecule has 5 rings (SSSR count). The van der Waals surface area contributed by atoms with Gasteiger partial charge in [-0.25, -0.2) is 9.97 Å². The summed E-state index contributed by atoms with van der Waals surface area (Å²) < 4.78 is 0. The number of thioether (sulfide) groups is 1. The van der Waals surface area contributed by atoms with Crippen molar-refractivity contribution in [1.29, 1.82) is 0 Å². The molecule has 1 unspecified atom stereocenters. The SMILES string of the molecule is O=C(c1ccc(Cl)cc1)N1CCCCC(Sc2ncnc3sc4c(c23)CCCC4)C1=O. The van der Waals surface area contributed by atoms with Crippen LogP contribution in [0.25, 0.3) is 10.2 Å². The van der Waals surface area contributed by atoms with E-state index in [0.29, 0.717) is 17.1 Å². The van der Waals surface area contributed by atoms with Gasteiger partial charge in [-0.1, -0.05) is 29.8 Å². The number of hydrogen-bond donors (Lipinski definition) is 0. The maximum Gasteiger partial charge on any atom is 0.260 e. The summed E-state index contributed by atoms with van der Waals surface area (Å²) in [5.41, 5.74) is 1.85. The third-order valence-electron chi connectivity index (χ3n) is 5.95. The Bertz CT molecular complexity index is 1150. The van der Waals surface area contributed by atoms with Crippen molar-refractivity contribution < 1.29 is 9.59 Å². The Labute approximate surface area is 194 Å². The van der Waals surface area contributed by atoms with Crippen molar-refractivity contribution in [3.63, 3.8) is 0 Å². The number of aromatic nitrogens is 2. The standard InChI is InChI=1S/C23H22ClN3O2S2/c24-15-10-8-14(9-11-15)22(28)27-12-4-3-7-18(23(27)29)31-21-19-16-5-1-2-6-17(16)30-20(19)25-13-26-21/h8-11,13,18H,1-7,12H2. The van der Waals surface area contributed by atoms with Crippen LogP contribution in [0.4, 0.5) is 0 Å². The van der Waals surface area contributed by atoms with Crippen LogP contribution in [0.15, 0.2) is 35.6 Å². The van der Waals surface area contributed by atoms with Gasteiger partial charge >= 0.3 is 0 Å². The maximum absolute atomic E-state index is 13.4. The van der Waals surface area contributed by atoms with Crippen LogP contribution in [-0.2, 0) is 17.6 Å². The first kappa shape index (κ1) is 20.9. The molecule has 3 aromatic rings. The number of imide groups is 1. The van der Waals surface area contributed by atoms with Gasteiger partial charge in [-0.05, 0) is 68.4 Å². The van der Waals surface area contributed by atoms with E-state index in [4.69, 9.17) is 11.6 Å². The predicted octanol–water partition coefficient (Wildman–Crippen LogP) is 5.54. The molecule has 0 N–H and O–H groups in total. The molecule has 3 heterocycles. The molecule has 0 spiro atoms. The Morgan fingerprint density at radius 1 is 1.10 bits per heavy atom. The Balaban J connectivity index is 1.44. The van der Waals surface area contributed by atoms with Gasteiger partial charge in [0.25, 0.3) is 5.91 Å². The Morgan fingerprint density at radius 2 is 1.90 bits per heavy atom. The topological polar surface area (TPSA) is 63.2 Å². The minimum atomic E-state index is -0.323. The fourth-order valence-corrected chi connectivity index (χ4v) is 7.00. The number of likely N-dealkylation sites (tertiary alicyclic amines) is 1. The number of nitrogens with zero attached hydrogens (tertiary/aromatic N) is 3. The van der Waals surface area contributed by atoms with E-state index < -0.39 is 0 Å². The van der Waals surface area contributed by atoms with Gasteiger partial charge in [0.05, 0.1) is 5.25 Å². The van der Waals surface area contributed by atoms with Crippen LogP contribution in [-0.4, -0.2) is 38.5 Å². The van der Waals surface area contributed by atoms with Gasteiger partial charge in [-0.15, -0.1) is 11.3 Å². The number of thiophene rings is 1. The smallest absolute Gasteiger partial charge is 0.260 e. The zero-order valence-electron chi connectivity index (χ0n) is 17.0. The molecule has 1 saturated heterocycles. The lowest BCUT2D eigenvalue weighted by Gasteiger charge is -2.22. The summed E-state index contributed by atoms with van der Waals surface area (Å²) >= 11 is 9.22. The van der Waals surface area contributed by atoms with Gasteiger partial charge in [-0.2, -0.15) is 0 Å². The highest BCUT2D eigenvalue weighted by Crippen LogP contribution is 2.41. The van der Waals surface area contributed by atoms with Crippen molar-refractivity contribution in [2.24, 2.45) is 0 Å². The average molecular weight is 472 g/mol. The van der Waals surface area contributed by atoms with E-state index >= 15 is 0 Å². The summed E-state index contributed by atoms with van der Waals surface area (Å²) in [6, 6.07) is 6.72. The van der Waals surface area contributed by atoms with Gasteiger partial charge < -0.3 is 0 Å². The first-order chi connectivity index (χ1) is 15.1. The maximum atomic E-state index is 13.4. The molecule has 5 nitrogen and oxygen atoms in total. The molecule has 1 aromatic carbocycles. The lowest BCUT2D eigenvalue weighted by atomic mass is 9.97. The molecule has 8 heteroatoms. The molecule has 1 atom stereocenters. The predicted molar refractivity (Wildman–Crippen MR) is 125 cm³/mol. The van der Waals surface area contributed by atoms with Crippen LogP contribution in [0.2, 0.25) is 5.02 Å². The Morgan fingerprint density at radius 3 is 2.74 bits per heavy atom. The van der Waals surface area contributed by atoms with Crippen LogP contribution in [0.3, 0.4) is 0 Å². The largest absolute Gasteiger partial charge is 0.278 e. The van der Waals surface area contributed by atoms with Crippen molar-refractivity contribution in [2.75, 3.05) is 6.54 Å². The number of halogens is 1. The van der Waals surface area contributed by atoms with Gasteiger partial charge in [0.15, 0.2) is 0 Å². The number of benzene rings is 1. The minimum absolute atomic E-state index is 0.127. The van der Waals surface area contributed by atoms with Crippen molar-refractivity contribution in [2.45, 2.75) is 55.2 Å². The van der Waals surface area contributed by atoms with Gasteiger partial charge in [-0.3, -0.25) is 14.5 Å².